The molecule has 2 aromatic rings. The maximum absolute atomic E-state index is 14.2. The Morgan fingerprint density at radius 2 is 2.22 bits per heavy atom. The number of ether oxygens (including phenoxy) is 2. The van der Waals surface area contributed by atoms with Crippen LogP contribution in [0.3, 0.4) is 0 Å². The molecule has 23 heavy (non-hydrogen) atoms. The van der Waals surface area contributed by atoms with Gasteiger partial charge in [-0.3, -0.25) is 0 Å². The SMILES string of the molecule is CCOC(=O)c1c(-c2ccccc2F)nn2c1OCC1(CC1)C2. The van der Waals surface area contributed by atoms with Gasteiger partial charge in [-0.2, -0.15) is 5.10 Å². The molecule has 4 rings (SSSR count). The molecule has 0 atom stereocenters. The van der Waals surface area contributed by atoms with Crippen LogP contribution in [-0.2, 0) is 11.3 Å². The number of rotatable bonds is 3. The third-order valence-corrected chi connectivity index (χ3v) is 4.47. The smallest absolute Gasteiger partial charge is 0.345 e. The van der Waals surface area contributed by atoms with Gasteiger partial charge in [0.05, 0.1) is 19.8 Å². The van der Waals surface area contributed by atoms with Crippen LogP contribution < -0.4 is 4.74 Å². The van der Waals surface area contributed by atoms with E-state index in [1.54, 1.807) is 29.8 Å². The topological polar surface area (TPSA) is 53.3 Å². The third kappa shape index (κ3) is 2.29. The van der Waals surface area contributed by atoms with Crippen LogP contribution in [-0.4, -0.2) is 29.0 Å². The molecule has 1 fully saturated rings. The second-order valence-corrected chi connectivity index (χ2v) is 6.18. The number of esters is 1. The summed E-state index contributed by atoms with van der Waals surface area (Å²) in [5.41, 5.74) is 0.921. The van der Waals surface area contributed by atoms with E-state index in [0.29, 0.717) is 19.0 Å². The molecule has 2 aliphatic rings. The van der Waals surface area contributed by atoms with Gasteiger partial charge in [0.25, 0.3) is 0 Å². The van der Waals surface area contributed by atoms with Crippen molar-refractivity contribution in [2.45, 2.75) is 26.3 Å². The largest absolute Gasteiger partial charge is 0.477 e. The molecule has 2 heterocycles. The van der Waals surface area contributed by atoms with Gasteiger partial charge < -0.3 is 9.47 Å². The van der Waals surface area contributed by atoms with Crippen molar-refractivity contribution in [3.63, 3.8) is 0 Å². The van der Waals surface area contributed by atoms with Gasteiger partial charge in [-0.15, -0.1) is 0 Å². The fraction of sp³-hybridized carbons (Fsp3) is 0.412. The Bertz CT molecular complexity index is 780. The van der Waals surface area contributed by atoms with Crippen LogP contribution in [0.4, 0.5) is 4.39 Å². The van der Waals surface area contributed by atoms with Crippen LogP contribution in [0, 0.1) is 11.2 Å². The maximum Gasteiger partial charge on any atom is 0.345 e. The maximum atomic E-state index is 14.2. The molecule has 0 N–H and O–H groups in total. The zero-order valence-corrected chi connectivity index (χ0v) is 12.8. The van der Waals surface area contributed by atoms with Crippen molar-refractivity contribution in [1.29, 1.82) is 0 Å². The van der Waals surface area contributed by atoms with Crippen molar-refractivity contribution in [3.05, 3.63) is 35.6 Å². The van der Waals surface area contributed by atoms with Crippen molar-refractivity contribution >= 4 is 5.97 Å². The highest BCUT2D eigenvalue weighted by atomic mass is 19.1. The molecule has 6 heteroatoms. The van der Waals surface area contributed by atoms with Crippen LogP contribution in [0.2, 0.25) is 0 Å². The molecule has 0 amide bonds. The highest BCUT2D eigenvalue weighted by Crippen LogP contribution is 2.51. The number of fused-ring (bicyclic) bond motifs is 1. The Morgan fingerprint density at radius 1 is 1.43 bits per heavy atom. The Kier molecular flexibility index (Phi) is 3.14. The van der Waals surface area contributed by atoms with Gasteiger partial charge in [0, 0.05) is 11.0 Å². The van der Waals surface area contributed by atoms with E-state index in [2.05, 4.69) is 5.10 Å². The zero-order chi connectivity index (χ0) is 16.0. The third-order valence-electron chi connectivity index (χ3n) is 4.47. The molecule has 5 nitrogen and oxygen atoms in total. The normalized spacial score (nSPS) is 17.5. The number of carbonyl (C=O) groups is 1. The molecule has 0 radical (unpaired) electrons. The molecule has 0 bridgehead atoms. The van der Waals surface area contributed by atoms with Crippen molar-refractivity contribution in [2.75, 3.05) is 13.2 Å². The summed E-state index contributed by atoms with van der Waals surface area (Å²) in [7, 11) is 0. The van der Waals surface area contributed by atoms with Crippen LogP contribution in [0.1, 0.15) is 30.1 Å². The lowest BCUT2D eigenvalue weighted by atomic mass is 10.1. The number of hydrogen-bond acceptors (Lipinski definition) is 4. The second kappa shape index (κ2) is 5.08. The van der Waals surface area contributed by atoms with E-state index >= 15 is 0 Å². The quantitative estimate of drug-likeness (QED) is 0.817. The molecular weight excluding hydrogens is 299 g/mol. The summed E-state index contributed by atoms with van der Waals surface area (Å²) < 4.78 is 26.8. The average Bonchev–Trinajstić information content (AvgIpc) is 3.17. The number of carbonyl (C=O) groups excluding carboxylic acids is 1. The minimum Gasteiger partial charge on any atom is -0.477 e. The fourth-order valence-electron chi connectivity index (χ4n) is 2.99. The lowest BCUT2D eigenvalue weighted by molar-refractivity contribution is 0.0515. The zero-order valence-electron chi connectivity index (χ0n) is 12.8. The first kappa shape index (κ1) is 14.2. The van der Waals surface area contributed by atoms with Crippen LogP contribution in [0.15, 0.2) is 24.3 Å². The van der Waals surface area contributed by atoms with Gasteiger partial charge in [0.2, 0.25) is 5.88 Å². The minimum atomic E-state index is -0.529. The van der Waals surface area contributed by atoms with Gasteiger partial charge in [-0.25, -0.2) is 13.9 Å². The van der Waals surface area contributed by atoms with Gasteiger partial charge in [-0.05, 0) is 31.9 Å². The minimum absolute atomic E-state index is 0.136. The molecule has 1 saturated carbocycles. The van der Waals surface area contributed by atoms with Crippen molar-refractivity contribution in [2.24, 2.45) is 5.41 Å². The van der Waals surface area contributed by atoms with Crippen molar-refractivity contribution in [1.82, 2.24) is 9.78 Å². The van der Waals surface area contributed by atoms with Crippen LogP contribution in [0.25, 0.3) is 11.3 Å². The molecule has 1 aromatic carbocycles. The summed E-state index contributed by atoms with van der Waals surface area (Å²) in [6, 6.07) is 6.29. The van der Waals surface area contributed by atoms with E-state index in [0.717, 1.165) is 12.8 Å². The van der Waals surface area contributed by atoms with Crippen LogP contribution >= 0.6 is 0 Å². The lowest BCUT2D eigenvalue weighted by Gasteiger charge is -2.23. The number of benzene rings is 1. The summed E-state index contributed by atoms with van der Waals surface area (Å²) in [4.78, 5) is 12.4. The number of nitrogens with zero attached hydrogens (tertiary/aromatic N) is 2. The number of aromatic nitrogens is 2. The number of hydrogen-bond donors (Lipinski definition) is 0. The van der Waals surface area contributed by atoms with E-state index < -0.39 is 11.8 Å². The predicted octanol–water partition coefficient (Wildman–Crippen LogP) is 3.04. The Hall–Kier alpha value is -2.37. The molecule has 1 aliphatic carbocycles. The van der Waals surface area contributed by atoms with E-state index in [1.165, 1.54) is 6.07 Å². The van der Waals surface area contributed by atoms with Gasteiger partial charge in [0.1, 0.15) is 17.1 Å². The molecule has 0 saturated heterocycles. The standard InChI is InChI=1S/C17H17FN2O3/c1-2-22-16(21)13-14(11-5-3-4-6-12(11)18)19-20-9-17(7-8-17)10-23-15(13)20/h3-6H,2,7-10H2,1H3. The van der Waals surface area contributed by atoms with Gasteiger partial charge in [0.15, 0.2) is 0 Å². The molecule has 1 spiro atoms. The highest BCUT2D eigenvalue weighted by molar-refractivity contribution is 5.99. The predicted molar refractivity (Wildman–Crippen MR) is 80.7 cm³/mol. The van der Waals surface area contributed by atoms with E-state index in [4.69, 9.17) is 9.47 Å². The van der Waals surface area contributed by atoms with Gasteiger partial charge in [-0.1, -0.05) is 12.1 Å². The first-order valence-electron chi connectivity index (χ1n) is 7.79. The Morgan fingerprint density at radius 3 is 2.91 bits per heavy atom. The fourth-order valence-corrected chi connectivity index (χ4v) is 2.99. The molecular formula is C17H17FN2O3. The van der Waals surface area contributed by atoms with Crippen LogP contribution in [0.5, 0.6) is 5.88 Å². The highest BCUT2D eigenvalue weighted by Gasteiger charge is 2.48. The second-order valence-electron chi connectivity index (χ2n) is 6.18. The van der Waals surface area contributed by atoms with Gasteiger partial charge >= 0.3 is 5.97 Å². The van der Waals surface area contributed by atoms with Crippen molar-refractivity contribution < 1.29 is 18.7 Å². The van der Waals surface area contributed by atoms with E-state index in [1.807, 2.05) is 0 Å². The van der Waals surface area contributed by atoms with E-state index in [9.17, 15) is 9.18 Å². The lowest BCUT2D eigenvalue weighted by Crippen LogP contribution is -2.27. The van der Waals surface area contributed by atoms with E-state index in [-0.39, 0.29) is 28.8 Å². The summed E-state index contributed by atoms with van der Waals surface area (Å²) in [5, 5.41) is 4.47. The summed E-state index contributed by atoms with van der Waals surface area (Å²) >= 11 is 0. The Labute approximate surface area is 133 Å². The summed E-state index contributed by atoms with van der Waals surface area (Å²) in [6.07, 6.45) is 2.19. The first-order valence-corrected chi connectivity index (χ1v) is 7.79. The monoisotopic (exact) mass is 316 g/mol. The number of halogens is 1. The molecule has 0 unspecified atom stereocenters. The first-order chi connectivity index (χ1) is 11.1. The summed E-state index contributed by atoms with van der Waals surface area (Å²) in [6.45, 7) is 3.24. The summed E-state index contributed by atoms with van der Waals surface area (Å²) in [5.74, 6) is -0.562. The average molecular weight is 316 g/mol. The molecule has 1 aliphatic heterocycles. The molecule has 1 aromatic heterocycles. The Balaban J connectivity index is 1.86. The molecule has 120 valence electrons. The van der Waals surface area contributed by atoms with Crippen molar-refractivity contribution in [3.8, 4) is 17.1 Å².